The molecule has 3 rings (SSSR count). The number of hydrogen-bond donors (Lipinski definition) is 1. The second-order valence-electron chi connectivity index (χ2n) is 5.90. The maximum Gasteiger partial charge on any atom is 0.151 e. The van der Waals surface area contributed by atoms with Crippen molar-refractivity contribution in [1.29, 1.82) is 0 Å². The van der Waals surface area contributed by atoms with Gasteiger partial charge in [0.05, 0.1) is 5.69 Å². The molecule has 2 aromatic rings. The summed E-state index contributed by atoms with van der Waals surface area (Å²) < 4.78 is 0. The van der Waals surface area contributed by atoms with Crippen LogP contribution in [0.4, 0.5) is 5.82 Å². The molecule has 1 fully saturated rings. The molecule has 21 heavy (non-hydrogen) atoms. The van der Waals surface area contributed by atoms with Crippen LogP contribution in [0.5, 0.6) is 0 Å². The molecule has 1 saturated heterocycles. The Hall–Kier alpha value is -1.94. The van der Waals surface area contributed by atoms with Crippen molar-refractivity contribution in [1.82, 2.24) is 10.2 Å². The number of nitrogens with two attached hydrogens (primary N) is 1. The Morgan fingerprint density at radius 2 is 1.76 bits per heavy atom. The summed E-state index contributed by atoms with van der Waals surface area (Å²) in [5, 5.41) is 8.78. The first-order valence-corrected chi connectivity index (χ1v) is 7.55. The van der Waals surface area contributed by atoms with Gasteiger partial charge in [-0.1, -0.05) is 12.1 Å². The van der Waals surface area contributed by atoms with Crippen LogP contribution in [0.3, 0.4) is 0 Å². The lowest BCUT2D eigenvalue weighted by Gasteiger charge is -2.30. The van der Waals surface area contributed by atoms with Crippen molar-refractivity contribution in [3.8, 4) is 11.3 Å². The minimum Gasteiger partial charge on any atom is -0.355 e. The molecule has 0 amide bonds. The van der Waals surface area contributed by atoms with Crippen LogP contribution in [-0.2, 0) is 0 Å². The van der Waals surface area contributed by atoms with E-state index in [-0.39, 0.29) is 0 Å². The summed E-state index contributed by atoms with van der Waals surface area (Å²) in [5.74, 6) is 0.953. The largest absolute Gasteiger partial charge is 0.355 e. The van der Waals surface area contributed by atoms with Crippen molar-refractivity contribution < 1.29 is 0 Å². The van der Waals surface area contributed by atoms with Gasteiger partial charge in [-0.2, -0.15) is 0 Å². The molecule has 0 bridgehead atoms. The Labute approximate surface area is 126 Å². The Kier molecular flexibility index (Phi) is 3.88. The smallest absolute Gasteiger partial charge is 0.151 e. The van der Waals surface area contributed by atoms with Crippen LogP contribution in [0, 0.1) is 13.8 Å². The highest BCUT2D eigenvalue weighted by atomic mass is 15.3. The molecule has 4 heteroatoms. The fourth-order valence-electron chi connectivity index (χ4n) is 2.68. The fourth-order valence-corrected chi connectivity index (χ4v) is 2.68. The van der Waals surface area contributed by atoms with E-state index in [1.54, 1.807) is 0 Å². The highest BCUT2D eigenvalue weighted by Crippen LogP contribution is 2.22. The van der Waals surface area contributed by atoms with E-state index < -0.39 is 0 Å². The van der Waals surface area contributed by atoms with Gasteiger partial charge in [-0.3, -0.25) is 0 Å². The lowest BCUT2D eigenvalue weighted by atomic mass is 10.0. The summed E-state index contributed by atoms with van der Waals surface area (Å²) in [4.78, 5) is 2.26. The molecule has 0 aliphatic carbocycles. The molecule has 2 N–H and O–H groups in total. The zero-order valence-corrected chi connectivity index (χ0v) is 12.7. The molecule has 0 radical (unpaired) electrons. The summed E-state index contributed by atoms with van der Waals surface area (Å²) in [6.45, 7) is 6.18. The van der Waals surface area contributed by atoms with E-state index in [0.29, 0.717) is 6.04 Å². The second-order valence-corrected chi connectivity index (χ2v) is 5.90. The Balaban J connectivity index is 1.79. The average Bonchev–Trinajstić information content (AvgIpc) is 2.51. The molecular formula is C17H22N4. The molecule has 2 heterocycles. The van der Waals surface area contributed by atoms with Crippen molar-refractivity contribution in [2.75, 3.05) is 18.0 Å². The Bertz CT molecular complexity index is 613. The van der Waals surface area contributed by atoms with E-state index in [0.717, 1.165) is 43.0 Å². The number of anilines is 1. The van der Waals surface area contributed by atoms with Crippen LogP contribution in [-0.4, -0.2) is 29.3 Å². The molecule has 4 nitrogen and oxygen atoms in total. The van der Waals surface area contributed by atoms with Crippen LogP contribution >= 0.6 is 0 Å². The third-order valence-corrected chi connectivity index (χ3v) is 4.32. The van der Waals surface area contributed by atoms with E-state index in [2.05, 4.69) is 59.3 Å². The highest BCUT2D eigenvalue weighted by Gasteiger charge is 2.17. The van der Waals surface area contributed by atoms with Crippen LogP contribution in [0.25, 0.3) is 11.3 Å². The van der Waals surface area contributed by atoms with E-state index >= 15 is 0 Å². The minimum absolute atomic E-state index is 0.337. The van der Waals surface area contributed by atoms with Crippen molar-refractivity contribution in [2.45, 2.75) is 32.7 Å². The monoisotopic (exact) mass is 282 g/mol. The van der Waals surface area contributed by atoms with Crippen LogP contribution < -0.4 is 10.6 Å². The molecule has 0 saturated carbocycles. The summed E-state index contributed by atoms with van der Waals surface area (Å²) in [6.07, 6.45) is 2.06. The third kappa shape index (κ3) is 3.05. The summed E-state index contributed by atoms with van der Waals surface area (Å²) >= 11 is 0. The lowest BCUT2D eigenvalue weighted by molar-refractivity contribution is 0.497. The Morgan fingerprint density at radius 3 is 2.38 bits per heavy atom. The van der Waals surface area contributed by atoms with Gasteiger partial charge in [0.2, 0.25) is 0 Å². The molecule has 1 aromatic heterocycles. The summed E-state index contributed by atoms with van der Waals surface area (Å²) in [5.41, 5.74) is 10.6. The van der Waals surface area contributed by atoms with Crippen LogP contribution in [0.2, 0.25) is 0 Å². The number of rotatable bonds is 2. The lowest BCUT2D eigenvalue weighted by Crippen LogP contribution is -2.40. The predicted molar refractivity (Wildman–Crippen MR) is 86.4 cm³/mol. The zero-order chi connectivity index (χ0) is 14.8. The van der Waals surface area contributed by atoms with Crippen LogP contribution in [0.15, 0.2) is 30.3 Å². The first kappa shape index (κ1) is 14.0. The number of aromatic nitrogens is 2. The maximum atomic E-state index is 5.94. The summed E-state index contributed by atoms with van der Waals surface area (Å²) in [6, 6.07) is 10.9. The van der Waals surface area contributed by atoms with Crippen molar-refractivity contribution in [3.05, 3.63) is 41.5 Å². The number of hydrogen-bond acceptors (Lipinski definition) is 4. The third-order valence-electron chi connectivity index (χ3n) is 4.32. The average molecular weight is 282 g/mol. The van der Waals surface area contributed by atoms with E-state index in [1.807, 2.05) is 0 Å². The predicted octanol–water partition coefficient (Wildman–Crippen LogP) is 2.69. The van der Waals surface area contributed by atoms with E-state index in [9.17, 15) is 0 Å². The molecule has 0 spiro atoms. The van der Waals surface area contributed by atoms with Gasteiger partial charge < -0.3 is 10.6 Å². The normalized spacial score (nSPS) is 16.2. The second kappa shape index (κ2) is 5.82. The number of nitrogens with zero attached hydrogens (tertiary/aromatic N) is 3. The SMILES string of the molecule is Cc1ccc(-c2ccc(N3CCC(N)CC3)nn2)cc1C. The van der Waals surface area contributed by atoms with Gasteiger partial charge in [-0.25, -0.2) is 0 Å². The molecule has 110 valence electrons. The number of aryl methyl sites for hydroxylation is 2. The van der Waals surface area contributed by atoms with Gasteiger partial charge >= 0.3 is 0 Å². The molecule has 1 aliphatic heterocycles. The highest BCUT2D eigenvalue weighted by molar-refractivity contribution is 5.61. The van der Waals surface area contributed by atoms with E-state index in [4.69, 9.17) is 5.73 Å². The van der Waals surface area contributed by atoms with Crippen molar-refractivity contribution in [3.63, 3.8) is 0 Å². The molecule has 0 atom stereocenters. The van der Waals surface area contributed by atoms with E-state index in [1.165, 1.54) is 11.1 Å². The molecule has 1 aliphatic rings. The minimum atomic E-state index is 0.337. The zero-order valence-electron chi connectivity index (χ0n) is 12.7. The molecular weight excluding hydrogens is 260 g/mol. The molecule has 0 unspecified atom stereocenters. The van der Waals surface area contributed by atoms with Gasteiger partial charge in [0, 0.05) is 24.7 Å². The van der Waals surface area contributed by atoms with Gasteiger partial charge in [0.1, 0.15) is 0 Å². The van der Waals surface area contributed by atoms with Crippen LogP contribution in [0.1, 0.15) is 24.0 Å². The maximum absolute atomic E-state index is 5.94. The summed E-state index contributed by atoms with van der Waals surface area (Å²) in [7, 11) is 0. The van der Waals surface area contributed by atoms with Crippen molar-refractivity contribution in [2.24, 2.45) is 5.73 Å². The standard InChI is InChI=1S/C17H22N4/c1-12-3-4-14(11-13(12)2)16-5-6-17(20-19-16)21-9-7-15(18)8-10-21/h3-6,11,15H,7-10,18H2,1-2H3. The topological polar surface area (TPSA) is 55.0 Å². The number of benzene rings is 1. The molecule has 1 aromatic carbocycles. The Morgan fingerprint density at radius 1 is 1.00 bits per heavy atom. The quantitative estimate of drug-likeness (QED) is 0.920. The van der Waals surface area contributed by atoms with Crippen molar-refractivity contribution >= 4 is 5.82 Å². The van der Waals surface area contributed by atoms with Gasteiger partial charge in [-0.15, -0.1) is 10.2 Å². The van der Waals surface area contributed by atoms with Gasteiger partial charge in [-0.05, 0) is 56.0 Å². The van der Waals surface area contributed by atoms with Gasteiger partial charge in [0.25, 0.3) is 0 Å². The first-order chi connectivity index (χ1) is 10.1. The number of piperidine rings is 1. The van der Waals surface area contributed by atoms with Gasteiger partial charge in [0.15, 0.2) is 5.82 Å². The fraction of sp³-hybridized carbons (Fsp3) is 0.412. The first-order valence-electron chi connectivity index (χ1n) is 7.55.